The second-order valence-electron chi connectivity index (χ2n) is 10.8. The molecular formula is C27H38N2O4. The third-order valence-corrected chi connectivity index (χ3v) is 7.22. The van der Waals surface area contributed by atoms with E-state index in [9.17, 15) is 9.59 Å². The van der Waals surface area contributed by atoms with Gasteiger partial charge >= 0.3 is 6.09 Å². The van der Waals surface area contributed by atoms with Gasteiger partial charge in [0.2, 0.25) is 5.91 Å². The van der Waals surface area contributed by atoms with E-state index in [1.807, 2.05) is 26.8 Å². The number of benzene rings is 1. The fourth-order valence-electron chi connectivity index (χ4n) is 5.59. The highest BCUT2D eigenvalue weighted by Crippen LogP contribution is 2.37. The van der Waals surface area contributed by atoms with Crippen LogP contribution in [0.2, 0.25) is 0 Å². The Balaban J connectivity index is 1.43. The summed E-state index contributed by atoms with van der Waals surface area (Å²) in [5.74, 6) is 0.494. The van der Waals surface area contributed by atoms with E-state index in [0.29, 0.717) is 25.5 Å². The highest BCUT2D eigenvalue weighted by atomic mass is 16.6. The zero-order valence-electron chi connectivity index (χ0n) is 20.2. The van der Waals surface area contributed by atoms with Crippen molar-refractivity contribution >= 4 is 12.0 Å². The fraction of sp³-hybridized carbons (Fsp3) is 0.630. The molecule has 1 aliphatic carbocycles. The van der Waals surface area contributed by atoms with Gasteiger partial charge in [-0.3, -0.25) is 4.79 Å². The van der Waals surface area contributed by atoms with E-state index in [1.54, 1.807) is 11.0 Å². The maximum atomic E-state index is 13.1. The molecule has 1 aromatic carbocycles. The summed E-state index contributed by atoms with van der Waals surface area (Å²) in [6, 6.07) is 10.5. The number of amides is 2. The summed E-state index contributed by atoms with van der Waals surface area (Å²) >= 11 is 0. The normalized spacial score (nSPS) is 30.2. The standard InChI is InChI=1S/C27H38N2O4/c1-26(2,3)33-25(31)29-18-8-17-27(16-7-11-24(30)28-27)23(29)19-32-22-14-12-21(13-15-22)20-9-5-4-6-10-20/h4-7,9-11,21-23H,8,12-19H2,1-3H3,(H,28,30)/t21-,22+,23-,27-/m0/s1. The molecule has 2 heterocycles. The molecule has 4 rings (SSSR count). The highest BCUT2D eigenvalue weighted by Gasteiger charge is 2.48. The Kier molecular flexibility index (Phi) is 7.13. The van der Waals surface area contributed by atoms with E-state index >= 15 is 0 Å². The van der Waals surface area contributed by atoms with Gasteiger partial charge in [0.15, 0.2) is 0 Å². The third-order valence-electron chi connectivity index (χ3n) is 7.22. The van der Waals surface area contributed by atoms with Crippen LogP contribution in [0, 0.1) is 0 Å². The lowest BCUT2D eigenvalue weighted by Crippen LogP contribution is -2.68. The molecule has 33 heavy (non-hydrogen) atoms. The number of hydrogen-bond donors (Lipinski definition) is 1. The van der Waals surface area contributed by atoms with E-state index in [2.05, 4.69) is 35.6 Å². The minimum absolute atomic E-state index is 0.0966. The number of nitrogens with zero attached hydrogens (tertiary/aromatic N) is 1. The Morgan fingerprint density at radius 3 is 2.55 bits per heavy atom. The first-order chi connectivity index (χ1) is 15.8. The Labute approximate surface area is 197 Å². The summed E-state index contributed by atoms with van der Waals surface area (Å²) in [5.41, 5.74) is 0.343. The average Bonchev–Trinajstić information content (AvgIpc) is 2.78. The molecule has 2 atom stereocenters. The van der Waals surface area contributed by atoms with Crippen molar-refractivity contribution in [3.63, 3.8) is 0 Å². The Morgan fingerprint density at radius 1 is 1.15 bits per heavy atom. The minimum atomic E-state index is -0.571. The molecule has 0 aromatic heterocycles. The zero-order chi connectivity index (χ0) is 23.5. The molecule has 2 aliphatic heterocycles. The molecule has 2 fully saturated rings. The van der Waals surface area contributed by atoms with Crippen molar-refractivity contribution < 1.29 is 19.1 Å². The molecule has 1 saturated carbocycles. The maximum absolute atomic E-state index is 13.1. The van der Waals surface area contributed by atoms with E-state index in [4.69, 9.17) is 9.47 Å². The summed E-state index contributed by atoms with van der Waals surface area (Å²) in [5, 5.41) is 3.19. The number of ether oxygens (including phenoxy) is 2. The lowest BCUT2D eigenvalue weighted by Gasteiger charge is -2.51. The van der Waals surface area contributed by atoms with Crippen LogP contribution in [0.25, 0.3) is 0 Å². The molecule has 1 aromatic rings. The van der Waals surface area contributed by atoms with Crippen LogP contribution in [0.15, 0.2) is 42.5 Å². The minimum Gasteiger partial charge on any atom is -0.444 e. The van der Waals surface area contributed by atoms with Crippen LogP contribution in [-0.4, -0.2) is 53.3 Å². The summed E-state index contributed by atoms with van der Waals surface area (Å²) in [6.45, 7) is 6.67. The molecule has 3 aliphatic rings. The van der Waals surface area contributed by atoms with Crippen LogP contribution in [0.1, 0.15) is 77.2 Å². The number of carbonyl (C=O) groups is 2. The van der Waals surface area contributed by atoms with Gasteiger partial charge in [-0.1, -0.05) is 36.4 Å². The Morgan fingerprint density at radius 2 is 1.88 bits per heavy atom. The zero-order valence-corrected chi connectivity index (χ0v) is 20.2. The van der Waals surface area contributed by atoms with E-state index < -0.39 is 11.1 Å². The number of hydrogen-bond acceptors (Lipinski definition) is 4. The summed E-state index contributed by atoms with van der Waals surface area (Å²) in [6.07, 6.45) is 9.97. The summed E-state index contributed by atoms with van der Waals surface area (Å²) in [7, 11) is 0. The highest BCUT2D eigenvalue weighted by molar-refractivity contribution is 5.89. The number of carbonyl (C=O) groups excluding carboxylic acids is 2. The van der Waals surface area contributed by atoms with Gasteiger partial charge < -0.3 is 19.7 Å². The van der Waals surface area contributed by atoms with Crippen molar-refractivity contribution in [1.82, 2.24) is 10.2 Å². The van der Waals surface area contributed by atoms with Gasteiger partial charge in [-0.15, -0.1) is 0 Å². The molecule has 6 heteroatoms. The molecule has 6 nitrogen and oxygen atoms in total. The van der Waals surface area contributed by atoms with Gasteiger partial charge in [-0.2, -0.15) is 0 Å². The monoisotopic (exact) mass is 454 g/mol. The number of likely N-dealkylation sites (tertiary alicyclic amines) is 1. The van der Waals surface area contributed by atoms with Crippen molar-refractivity contribution in [2.24, 2.45) is 0 Å². The van der Waals surface area contributed by atoms with Gasteiger partial charge in [0.25, 0.3) is 0 Å². The molecule has 1 saturated heterocycles. The smallest absolute Gasteiger partial charge is 0.410 e. The quantitative estimate of drug-likeness (QED) is 0.699. The van der Waals surface area contributed by atoms with E-state index in [0.717, 1.165) is 38.5 Å². The summed E-state index contributed by atoms with van der Waals surface area (Å²) in [4.78, 5) is 27.2. The molecular weight excluding hydrogens is 416 g/mol. The Hall–Kier alpha value is -2.34. The fourth-order valence-corrected chi connectivity index (χ4v) is 5.59. The van der Waals surface area contributed by atoms with Crippen LogP contribution >= 0.6 is 0 Å². The van der Waals surface area contributed by atoms with Crippen LogP contribution in [0.5, 0.6) is 0 Å². The van der Waals surface area contributed by atoms with Gasteiger partial charge in [-0.25, -0.2) is 4.79 Å². The topological polar surface area (TPSA) is 67.9 Å². The van der Waals surface area contributed by atoms with Gasteiger partial charge in [-0.05, 0) is 83.3 Å². The second-order valence-corrected chi connectivity index (χ2v) is 10.8. The second kappa shape index (κ2) is 9.88. The lowest BCUT2D eigenvalue weighted by molar-refractivity contribution is -0.122. The number of nitrogens with one attached hydrogen (secondary N) is 1. The van der Waals surface area contributed by atoms with E-state index in [1.165, 1.54) is 5.56 Å². The van der Waals surface area contributed by atoms with Crippen molar-refractivity contribution in [3.8, 4) is 0 Å². The van der Waals surface area contributed by atoms with Gasteiger partial charge in [0.05, 0.1) is 24.3 Å². The van der Waals surface area contributed by atoms with Crippen molar-refractivity contribution in [2.75, 3.05) is 13.2 Å². The van der Waals surface area contributed by atoms with Crippen LogP contribution < -0.4 is 5.32 Å². The van der Waals surface area contributed by atoms with Crippen molar-refractivity contribution in [3.05, 3.63) is 48.0 Å². The van der Waals surface area contributed by atoms with Crippen LogP contribution in [-0.2, 0) is 14.3 Å². The molecule has 0 bridgehead atoms. The molecule has 180 valence electrons. The molecule has 2 amide bonds. The van der Waals surface area contributed by atoms with Gasteiger partial charge in [0, 0.05) is 6.54 Å². The largest absolute Gasteiger partial charge is 0.444 e. The molecule has 0 unspecified atom stereocenters. The van der Waals surface area contributed by atoms with Crippen LogP contribution in [0.3, 0.4) is 0 Å². The lowest BCUT2D eigenvalue weighted by atomic mass is 9.77. The number of rotatable bonds is 4. The first-order valence-corrected chi connectivity index (χ1v) is 12.4. The first-order valence-electron chi connectivity index (χ1n) is 12.4. The average molecular weight is 455 g/mol. The maximum Gasteiger partial charge on any atom is 0.410 e. The first kappa shape index (κ1) is 23.8. The number of piperidine rings is 1. The van der Waals surface area contributed by atoms with Gasteiger partial charge in [0.1, 0.15) is 5.60 Å². The van der Waals surface area contributed by atoms with E-state index in [-0.39, 0.29) is 24.1 Å². The predicted octanol–water partition coefficient (Wildman–Crippen LogP) is 4.94. The van der Waals surface area contributed by atoms with Crippen molar-refractivity contribution in [2.45, 2.75) is 94.9 Å². The summed E-state index contributed by atoms with van der Waals surface area (Å²) < 4.78 is 12.2. The Bertz CT molecular complexity index is 855. The third kappa shape index (κ3) is 5.78. The molecule has 1 N–H and O–H groups in total. The molecule has 0 radical (unpaired) electrons. The van der Waals surface area contributed by atoms with Crippen LogP contribution in [0.4, 0.5) is 4.79 Å². The SMILES string of the molecule is CC(C)(C)OC(=O)N1CCC[C@@]2(CC=CC(=O)N2)[C@@H]1CO[C@H]1CC[C@@H](c2ccccc2)CC1. The van der Waals surface area contributed by atoms with Crippen molar-refractivity contribution in [1.29, 1.82) is 0 Å². The molecule has 1 spiro atoms. The predicted molar refractivity (Wildman–Crippen MR) is 128 cm³/mol.